The van der Waals surface area contributed by atoms with Crippen molar-refractivity contribution in [2.75, 3.05) is 37.0 Å². The van der Waals surface area contributed by atoms with Gasteiger partial charge in [0.2, 0.25) is 0 Å². The molecule has 2 heterocycles. The molecule has 0 spiro atoms. The van der Waals surface area contributed by atoms with Gasteiger partial charge in [-0.15, -0.1) is 0 Å². The predicted octanol–water partition coefficient (Wildman–Crippen LogP) is 4.68. The van der Waals surface area contributed by atoms with Crippen molar-refractivity contribution in [1.82, 2.24) is 9.97 Å². The molecule has 0 bridgehead atoms. The molecule has 1 N–H and O–H groups in total. The first-order chi connectivity index (χ1) is 13.8. The number of anilines is 3. The predicted molar refractivity (Wildman–Crippen MR) is 114 cm³/mol. The number of hydrogen-bond acceptors (Lipinski definition) is 5. The number of ether oxygens (including phenoxy) is 1. The number of fused-ring (bicyclic) bond motifs is 1. The molecule has 0 aliphatic carbocycles. The molecule has 1 aromatic heterocycles. The molecule has 5 heteroatoms. The van der Waals surface area contributed by atoms with Gasteiger partial charge in [0.1, 0.15) is 11.6 Å². The Bertz CT molecular complexity index is 913. The summed E-state index contributed by atoms with van der Waals surface area (Å²) in [5.41, 5.74) is 3.65. The lowest BCUT2D eigenvalue weighted by molar-refractivity contribution is 0.198. The van der Waals surface area contributed by atoms with E-state index >= 15 is 0 Å². The van der Waals surface area contributed by atoms with Crippen LogP contribution in [0.3, 0.4) is 0 Å². The molecule has 0 atom stereocenters. The van der Waals surface area contributed by atoms with Crippen molar-refractivity contribution in [2.24, 2.45) is 0 Å². The Morgan fingerprint density at radius 1 is 1.04 bits per heavy atom. The number of nitrogens with zero attached hydrogens (tertiary/aromatic N) is 3. The highest BCUT2D eigenvalue weighted by molar-refractivity contribution is 5.69. The van der Waals surface area contributed by atoms with E-state index in [1.165, 1.54) is 11.3 Å². The van der Waals surface area contributed by atoms with E-state index in [9.17, 15) is 0 Å². The molecule has 2 aromatic carbocycles. The lowest BCUT2D eigenvalue weighted by Gasteiger charge is -2.30. The number of aryl methyl sites for hydroxylation is 1. The Balaban J connectivity index is 1.70. The summed E-state index contributed by atoms with van der Waals surface area (Å²) in [5, 5.41) is 3.44. The zero-order valence-electron chi connectivity index (χ0n) is 16.3. The van der Waals surface area contributed by atoms with E-state index in [0.29, 0.717) is 0 Å². The van der Waals surface area contributed by atoms with Gasteiger partial charge in [-0.05, 0) is 30.9 Å². The van der Waals surface area contributed by atoms with E-state index in [1.54, 1.807) is 7.11 Å². The molecule has 1 aliphatic rings. The highest BCUT2D eigenvalue weighted by Crippen LogP contribution is 2.34. The molecule has 0 saturated heterocycles. The Hall–Kier alpha value is -2.92. The van der Waals surface area contributed by atoms with E-state index in [0.717, 1.165) is 62.0 Å². The summed E-state index contributed by atoms with van der Waals surface area (Å²) in [7, 11) is 1.73. The summed E-state index contributed by atoms with van der Waals surface area (Å²) in [6.45, 7) is 2.51. The molecule has 4 rings (SSSR count). The fraction of sp³-hybridized carbons (Fsp3) is 0.304. The fourth-order valence-electron chi connectivity index (χ4n) is 3.58. The third-order valence-corrected chi connectivity index (χ3v) is 4.96. The van der Waals surface area contributed by atoms with Crippen LogP contribution in [0.4, 0.5) is 17.3 Å². The SMILES string of the molecule is COCCCNc1cc(N2CCCc3ccccc32)nc(-c2ccccc2)n1. The molecule has 5 nitrogen and oxygen atoms in total. The smallest absolute Gasteiger partial charge is 0.163 e. The van der Waals surface area contributed by atoms with Gasteiger partial charge in [0.05, 0.1) is 0 Å². The first-order valence-electron chi connectivity index (χ1n) is 9.88. The maximum absolute atomic E-state index is 5.15. The summed E-state index contributed by atoms with van der Waals surface area (Å²) >= 11 is 0. The van der Waals surface area contributed by atoms with Crippen molar-refractivity contribution in [2.45, 2.75) is 19.3 Å². The van der Waals surface area contributed by atoms with Crippen molar-refractivity contribution < 1.29 is 4.74 Å². The quantitative estimate of drug-likeness (QED) is 0.609. The number of methoxy groups -OCH3 is 1. The molecule has 0 amide bonds. The largest absolute Gasteiger partial charge is 0.385 e. The van der Waals surface area contributed by atoms with Crippen molar-refractivity contribution in [3.8, 4) is 11.4 Å². The van der Waals surface area contributed by atoms with Gasteiger partial charge in [-0.25, -0.2) is 9.97 Å². The Kier molecular flexibility index (Phi) is 5.83. The number of benzene rings is 2. The monoisotopic (exact) mass is 374 g/mol. The molecule has 0 radical (unpaired) electrons. The van der Waals surface area contributed by atoms with Crippen LogP contribution >= 0.6 is 0 Å². The van der Waals surface area contributed by atoms with Crippen LogP contribution in [0.1, 0.15) is 18.4 Å². The third kappa shape index (κ3) is 4.15. The van der Waals surface area contributed by atoms with Crippen LogP contribution in [0.25, 0.3) is 11.4 Å². The summed E-state index contributed by atoms with van der Waals surface area (Å²) < 4.78 is 5.15. The van der Waals surface area contributed by atoms with Crippen LogP contribution < -0.4 is 10.2 Å². The number of rotatable bonds is 7. The summed E-state index contributed by atoms with van der Waals surface area (Å²) in [6, 6.07) is 20.8. The maximum Gasteiger partial charge on any atom is 0.163 e. The normalized spacial score (nSPS) is 13.2. The zero-order valence-corrected chi connectivity index (χ0v) is 16.3. The summed E-state index contributed by atoms with van der Waals surface area (Å²) in [5.74, 6) is 2.54. The van der Waals surface area contributed by atoms with Gasteiger partial charge in [-0.1, -0.05) is 48.5 Å². The molecule has 0 unspecified atom stereocenters. The topological polar surface area (TPSA) is 50.3 Å². The van der Waals surface area contributed by atoms with Crippen molar-refractivity contribution in [1.29, 1.82) is 0 Å². The minimum absolute atomic E-state index is 0.732. The molecule has 3 aromatic rings. The van der Waals surface area contributed by atoms with Crippen LogP contribution in [0.15, 0.2) is 60.7 Å². The molecule has 0 saturated carbocycles. The van der Waals surface area contributed by atoms with Gasteiger partial charge in [0.15, 0.2) is 5.82 Å². The average molecular weight is 374 g/mol. The highest BCUT2D eigenvalue weighted by atomic mass is 16.5. The van der Waals surface area contributed by atoms with E-state index < -0.39 is 0 Å². The van der Waals surface area contributed by atoms with Gasteiger partial charge in [0, 0.05) is 44.1 Å². The zero-order chi connectivity index (χ0) is 19.2. The maximum atomic E-state index is 5.15. The summed E-state index contributed by atoms with van der Waals surface area (Å²) in [6.07, 6.45) is 3.17. The molecule has 1 aliphatic heterocycles. The lowest BCUT2D eigenvalue weighted by Crippen LogP contribution is -2.25. The fourth-order valence-corrected chi connectivity index (χ4v) is 3.58. The number of hydrogen-bond donors (Lipinski definition) is 1. The number of aromatic nitrogens is 2. The minimum Gasteiger partial charge on any atom is -0.385 e. The second-order valence-corrected chi connectivity index (χ2v) is 6.96. The van der Waals surface area contributed by atoms with Crippen molar-refractivity contribution in [3.63, 3.8) is 0 Å². The molecular weight excluding hydrogens is 348 g/mol. The standard InChI is InChI=1S/C23H26N4O/c1-28-16-8-14-24-21-17-22(26-23(25-21)19-10-3-2-4-11-19)27-15-7-12-18-9-5-6-13-20(18)27/h2-6,9-11,13,17H,7-8,12,14-16H2,1H3,(H,24,25,26). The molecule has 28 heavy (non-hydrogen) atoms. The van der Waals surface area contributed by atoms with E-state index in [1.807, 2.05) is 18.2 Å². The second-order valence-electron chi connectivity index (χ2n) is 6.96. The second kappa shape index (κ2) is 8.85. The van der Waals surface area contributed by atoms with Crippen LogP contribution in [0.5, 0.6) is 0 Å². The average Bonchev–Trinajstić information content (AvgIpc) is 2.77. The highest BCUT2D eigenvalue weighted by Gasteiger charge is 2.20. The Morgan fingerprint density at radius 3 is 2.71 bits per heavy atom. The molecule has 0 fully saturated rings. The van der Waals surface area contributed by atoms with E-state index in [4.69, 9.17) is 14.7 Å². The van der Waals surface area contributed by atoms with Crippen molar-refractivity contribution >= 4 is 17.3 Å². The van der Waals surface area contributed by atoms with Gasteiger partial charge in [-0.3, -0.25) is 0 Å². The van der Waals surface area contributed by atoms with E-state index in [2.05, 4.69) is 52.7 Å². The number of para-hydroxylation sites is 1. The number of nitrogens with one attached hydrogen (secondary N) is 1. The van der Waals surface area contributed by atoms with Crippen LogP contribution in [0.2, 0.25) is 0 Å². The van der Waals surface area contributed by atoms with Gasteiger partial charge < -0.3 is 15.0 Å². The van der Waals surface area contributed by atoms with Gasteiger partial charge in [0.25, 0.3) is 0 Å². The van der Waals surface area contributed by atoms with E-state index in [-0.39, 0.29) is 0 Å². The lowest BCUT2D eigenvalue weighted by atomic mass is 10.0. The Labute approximate surface area is 166 Å². The first-order valence-corrected chi connectivity index (χ1v) is 9.88. The molecular formula is C23H26N4O. The van der Waals surface area contributed by atoms with Crippen molar-refractivity contribution in [3.05, 3.63) is 66.2 Å². The molecule has 144 valence electrons. The third-order valence-electron chi connectivity index (χ3n) is 4.96. The Morgan fingerprint density at radius 2 is 1.86 bits per heavy atom. The minimum atomic E-state index is 0.732. The van der Waals surface area contributed by atoms with Crippen LogP contribution in [0, 0.1) is 0 Å². The van der Waals surface area contributed by atoms with Crippen LogP contribution in [-0.2, 0) is 11.2 Å². The van der Waals surface area contributed by atoms with Gasteiger partial charge >= 0.3 is 0 Å². The summed E-state index contributed by atoms with van der Waals surface area (Å²) in [4.78, 5) is 12.0. The first kappa shape index (κ1) is 18.4. The van der Waals surface area contributed by atoms with Crippen LogP contribution in [-0.4, -0.2) is 36.8 Å². The van der Waals surface area contributed by atoms with Gasteiger partial charge in [-0.2, -0.15) is 0 Å².